The molecule has 4 rings (SSSR count). The minimum Gasteiger partial charge on any atom is -0.464 e. The van der Waals surface area contributed by atoms with Crippen LogP contribution in [0.2, 0.25) is 5.02 Å². The van der Waals surface area contributed by atoms with Crippen molar-refractivity contribution in [2.24, 2.45) is 0 Å². The summed E-state index contributed by atoms with van der Waals surface area (Å²) in [7, 11) is 1.24. The fraction of sp³-hybridized carbons (Fsp3) is 0.360. The minimum atomic E-state index is -0.734. The van der Waals surface area contributed by atoms with Crippen LogP contribution >= 0.6 is 11.6 Å². The number of ether oxygens (including phenoxy) is 2. The summed E-state index contributed by atoms with van der Waals surface area (Å²) in [5.41, 5.74) is 0.122. The molecular formula is C25H26ClFN4O5. The molecule has 190 valence electrons. The van der Waals surface area contributed by atoms with Crippen molar-refractivity contribution < 1.29 is 28.2 Å². The molecule has 0 radical (unpaired) electrons. The van der Waals surface area contributed by atoms with Crippen LogP contribution in [0.25, 0.3) is 16.8 Å². The van der Waals surface area contributed by atoms with Crippen LogP contribution in [0, 0.1) is 5.82 Å². The van der Waals surface area contributed by atoms with Crippen molar-refractivity contribution in [3.8, 4) is 11.3 Å². The second kappa shape index (κ2) is 9.77. The molecule has 1 saturated heterocycles. The first-order valence-electron chi connectivity index (χ1n) is 11.3. The highest BCUT2D eigenvalue weighted by atomic mass is 35.5. The molecule has 11 heteroatoms. The molecule has 2 amide bonds. The highest BCUT2D eigenvalue weighted by Gasteiger charge is 2.29. The van der Waals surface area contributed by atoms with Crippen LogP contribution in [0.4, 0.5) is 9.18 Å². The van der Waals surface area contributed by atoms with E-state index in [9.17, 15) is 14.4 Å². The zero-order chi connectivity index (χ0) is 26.2. The first-order valence-corrected chi connectivity index (χ1v) is 11.7. The second-order valence-electron chi connectivity index (χ2n) is 9.31. The highest BCUT2D eigenvalue weighted by Crippen LogP contribution is 2.28. The Bertz CT molecular complexity index is 1340. The first kappa shape index (κ1) is 25.4. The van der Waals surface area contributed by atoms with Gasteiger partial charge in [-0.25, -0.2) is 18.5 Å². The Hall–Kier alpha value is -3.66. The van der Waals surface area contributed by atoms with E-state index in [1.807, 2.05) is 0 Å². The van der Waals surface area contributed by atoms with Gasteiger partial charge in [-0.15, -0.1) is 0 Å². The van der Waals surface area contributed by atoms with Crippen LogP contribution in [0.3, 0.4) is 0 Å². The molecule has 1 fully saturated rings. The number of methoxy groups -OCH3 is 1. The third kappa shape index (κ3) is 4.99. The number of amides is 2. The van der Waals surface area contributed by atoms with Crippen molar-refractivity contribution in [1.29, 1.82) is 0 Å². The lowest BCUT2D eigenvalue weighted by molar-refractivity contribution is 0.0140. The molecule has 0 bridgehead atoms. The SMILES string of the molecule is COC(=O)c1cc(Cl)c2ccc(-c3cccc(C(=O)N4CCN(C(=O)OC(C)(C)C)CC4)c3F)nn12. The van der Waals surface area contributed by atoms with Crippen molar-refractivity contribution >= 4 is 35.1 Å². The molecule has 1 aromatic carbocycles. The van der Waals surface area contributed by atoms with Crippen molar-refractivity contribution in [3.63, 3.8) is 0 Å². The molecule has 0 saturated carbocycles. The van der Waals surface area contributed by atoms with Gasteiger partial charge in [0.15, 0.2) is 5.69 Å². The van der Waals surface area contributed by atoms with Crippen molar-refractivity contribution in [2.45, 2.75) is 26.4 Å². The summed E-state index contributed by atoms with van der Waals surface area (Å²) in [6.45, 7) is 6.42. The van der Waals surface area contributed by atoms with E-state index >= 15 is 4.39 Å². The van der Waals surface area contributed by atoms with Gasteiger partial charge in [0.05, 0.1) is 28.9 Å². The van der Waals surface area contributed by atoms with E-state index in [0.29, 0.717) is 10.5 Å². The molecule has 0 aliphatic carbocycles. The van der Waals surface area contributed by atoms with Crippen LogP contribution < -0.4 is 0 Å². The van der Waals surface area contributed by atoms with Crippen molar-refractivity contribution in [3.05, 3.63) is 58.5 Å². The molecule has 3 aromatic rings. The van der Waals surface area contributed by atoms with Crippen LogP contribution in [0.15, 0.2) is 36.4 Å². The van der Waals surface area contributed by atoms with Gasteiger partial charge in [-0.05, 0) is 51.1 Å². The topological polar surface area (TPSA) is 93.5 Å². The van der Waals surface area contributed by atoms with Crippen LogP contribution in [-0.4, -0.2) is 76.3 Å². The molecule has 0 atom stereocenters. The minimum absolute atomic E-state index is 0.0925. The third-order valence-electron chi connectivity index (χ3n) is 5.69. The van der Waals surface area contributed by atoms with E-state index in [0.717, 1.165) is 0 Å². The lowest BCUT2D eigenvalue weighted by Crippen LogP contribution is -2.51. The smallest absolute Gasteiger partial charge is 0.410 e. The Labute approximate surface area is 212 Å². The molecule has 1 aliphatic heterocycles. The van der Waals surface area contributed by atoms with E-state index in [2.05, 4.69) is 5.10 Å². The Kier molecular flexibility index (Phi) is 6.90. The summed E-state index contributed by atoms with van der Waals surface area (Å²) in [6, 6.07) is 9.08. The van der Waals surface area contributed by atoms with E-state index in [-0.39, 0.29) is 48.7 Å². The van der Waals surface area contributed by atoms with Crippen molar-refractivity contribution in [2.75, 3.05) is 33.3 Å². The van der Waals surface area contributed by atoms with Gasteiger partial charge in [0.1, 0.15) is 11.4 Å². The van der Waals surface area contributed by atoms with Gasteiger partial charge in [-0.1, -0.05) is 17.7 Å². The molecule has 2 aromatic heterocycles. The molecule has 36 heavy (non-hydrogen) atoms. The molecule has 3 heterocycles. The Morgan fingerprint density at radius 2 is 1.69 bits per heavy atom. The number of esters is 1. The Morgan fingerprint density at radius 3 is 2.33 bits per heavy atom. The van der Waals surface area contributed by atoms with Gasteiger partial charge in [0.2, 0.25) is 0 Å². The van der Waals surface area contributed by atoms with Crippen LogP contribution in [0.5, 0.6) is 0 Å². The lowest BCUT2D eigenvalue weighted by atomic mass is 10.0. The first-order chi connectivity index (χ1) is 17.0. The number of halogens is 2. The van der Waals surface area contributed by atoms with E-state index in [1.165, 1.54) is 39.6 Å². The van der Waals surface area contributed by atoms with E-state index in [1.54, 1.807) is 39.0 Å². The molecule has 1 aliphatic rings. The van der Waals surface area contributed by atoms with E-state index < -0.39 is 29.4 Å². The molecule has 0 N–H and O–H groups in total. The average molecular weight is 517 g/mol. The number of carbonyl (C=O) groups excluding carboxylic acids is 3. The fourth-order valence-corrected chi connectivity index (χ4v) is 4.17. The maximum atomic E-state index is 15.6. The number of nitrogens with zero attached hydrogens (tertiary/aromatic N) is 4. The number of fused-ring (bicyclic) bond motifs is 1. The fourth-order valence-electron chi connectivity index (χ4n) is 3.92. The summed E-state index contributed by atoms with van der Waals surface area (Å²) < 4.78 is 27.0. The maximum Gasteiger partial charge on any atom is 0.410 e. The number of carbonyl (C=O) groups is 3. The lowest BCUT2D eigenvalue weighted by Gasteiger charge is -2.35. The molecule has 9 nitrogen and oxygen atoms in total. The summed E-state index contributed by atoms with van der Waals surface area (Å²) >= 11 is 6.20. The molecule has 0 unspecified atom stereocenters. The summed E-state index contributed by atoms with van der Waals surface area (Å²) in [5, 5.41) is 4.67. The van der Waals surface area contributed by atoms with Crippen LogP contribution in [0.1, 0.15) is 41.6 Å². The molecular weight excluding hydrogens is 491 g/mol. The Balaban J connectivity index is 1.57. The third-order valence-corrected chi connectivity index (χ3v) is 5.99. The number of hydrogen-bond donors (Lipinski definition) is 0. The van der Waals surface area contributed by atoms with Gasteiger partial charge in [-0.2, -0.15) is 5.10 Å². The highest BCUT2D eigenvalue weighted by molar-refractivity contribution is 6.34. The van der Waals surface area contributed by atoms with Gasteiger partial charge < -0.3 is 19.3 Å². The number of benzene rings is 1. The van der Waals surface area contributed by atoms with Gasteiger partial charge in [0.25, 0.3) is 5.91 Å². The van der Waals surface area contributed by atoms with E-state index in [4.69, 9.17) is 21.1 Å². The zero-order valence-corrected chi connectivity index (χ0v) is 21.1. The number of rotatable bonds is 3. The van der Waals surface area contributed by atoms with Gasteiger partial charge in [-0.3, -0.25) is 4.79 Å². The summed E-state index contributed by atoms with van der Waals surface area (Å²) in [4.78, 5) is 40.6. The predicted molar refractivity (Wildman–Crippen MR) is 131 cm³/mol. The summed E-state index contributed by atoms with van der Waals surface area (Å²) in [6.07, 6.45) is -0.444. The molecule has 0 spiro atoms. The van der Waals surface area contributed by atoms with Crippen molar-refractivity contribution in [1.82, 2.24) is 19.4 Å². The summed E-state index contributed by atoms with van der Waals surface area (Å²) in [5.74, 6) is -1.86. The number of hydrogen-bond acceptors (Lipinski definition) is 6. The normalized spacial score (nSPS) is 14.2. The average Bonchev–Trinajstić information content (AvgIpc) is 3.18. The Morgan fingerprint density at radius 1 is 1.03 bits per heavy atom. The predicted octanol–water partition coefficient (Wildman–Crippen LogP) is 4.27. The monoisotopic (exact) mass is 516 g/mol. The largest absolute Gasteiger partial charge is 0.464 e. The second-order valence-corrected chi connectivity index (χ2v) is 9.72. The van der Waals surface area contributed by atoms with Crippen LogP contribution in [-0.2, 0) is 9.47 Å². The van der Waals surface area contributed by atoms with Gasteiger partial charge in [0, 0.05) is 31.7 Å². The van der Waals surface area contributed by atoms with Gasteiger partial charge >= 0.3 is 12.1 Å². The maximum absolute atomic E-state index is 15.6. The zero-order valence-electron chi connectivity index (χ0n) is 20.4. The number of piperazine rings is 1. The quantitative estimate of drug-likeness (QED) is 0.483. The standard InChI is InChI=1S/C25H26ClFN4O5/c1-25(2,3)36-24(34)30-12-10-29(11-13-30)22(32)16-7-5-6-15(21(16)27)18-8-9-19-17(26)14-20(23(33)35-4)31(19)28-18/h5-9,14H,10-13H2,1-4H3. The number of aromatic nitrogens is 2.